The average Bonchev–Trinajstić information content (AvgIpc) is 3.48. The SMILES string of the molecule is Cc1ccc(N=[P@]2(N3CCOCC3)OC(c3cccs3)=Nc3cc4c(cc32)C(C)(C)[C@@H](C)N4C)cc1. The van der Waals surface area contributed by atoms with E-state index in [9.17, 15) is 0 Å². The molecular formula is C28H33N4O2PS. The molecule has 6 rings (SSSR count). The third kappa shape index (κ3) is 3.76. The predicted octanol–water partition coefficient (Wildman–Crippen LogP) is 6.60. The first-order valence-electron chi connectivity index (χ1n) is 12.6. The number of morpholine rings is 1. The van der Waals surface area contributed by atoms with Crippen LogP contribution in [0.1, 0.15) is 36.8 Å². The van der Waals surface area contributed by atoms with Crippen LogP contribution in [0.4, 0.5) is 17.1 Å². The van der Waals surface area contributed by atoms with Gasteiger partial charge in [0.2, 0.25) is 13.3 Å². The van der Waals surface area contributed by atoms with Crippen LogP contribution in [-0.4, -0.2) is 50.0 Å². The van der Waals surface area contributed by atoms with E-state index >= 15 is 0 Å². The van der Waals surface area contributed by atoms with Gasteiger partial charge < -0.3 is 14.2 Å². The number of thiophene rings is 1. The van der Waals surface area contributed by atoms with Crippen molar-refractivity contribution < 1.29 is 9.26 Å². The van der Waals surface area contributed by atoms with Gasteiger partial charge in [0.05, 0.1) is 34.8 Å². The fraction of sp³-hybridized carbons (Fsp3) is 0.393. The van der Waals surface area contributed by atoms with Gasteiger partial charge in [-0.05, 0) is 55.1 Å². The van der Waals surface area contributed by atoms with E-state index in [1.54, 1.807) is 11.3 Å². The molecule has 0 spiro atoms. The number of ether oxygens (including phenoxy) is 1. The number of likely N-dealkylation sites (N-methyl/N-ethyl adjacent to an activating group) is 1. The van der Waals surface area contributed by atoms with Gasteiger partial charge in [-0.25, -0.2) is 14.4 Å². The van der Waals surface area contributed by atoms with Crippen molar-refractivity contribution in [3.8, 4) is 0 Å². The molecule has 0 bridgehead atoms. The number of hydrogen-bond acceptors (Lipinski definition) is 6. The number of aliphatic imine (C=N–C) groups is 1. The molecule has 0 aliphatic carbocycles. The smallest absolute Gasteiger partial charge is 0.242 e. The van der Waals surface area contributed by atoms with Crippen molar-refractivity contribution in [2.24, 2.45) is 9.74 Å². The highest BCUT2D eigenvalue weighted by Gasteiger charge is 2.46. The molecule has 3 aliphatic heterocycles. The minimum atomic E-state index is -2.68. The molecule has 0 unspecified atom stereocenters. The van der Waals surface area contributed by atoms with Crippen LogP contribution in [0.3, 0.4) is 0 Å². The van der Waals surface area contributed by atoms with Crippen LogP contribution in [-0.2, 0) is 14.7 Å². The average molecular weight is 521 g/mol. The Morgan fingerprint density at radius 2 is 1.86 bits per heavy atom. The molecule has 0 amide bonds. The Kier molecular flexibility index (Phi) is 5.88. The Balaban J connectivity index is 1.66. The number of benzene rings is 2. The molecule has 0 saturated carbocycles. The maximum Gasteiger partial charge on any atom is 0.242 e. The molecule has 4 heterocycles. The second kappa shape index (κ2) is 8.84. The summed E-state index contributed by atoms with van der Waals surface area (Å²) in [5.41, 5.74) is 5.71. The van der Waals surface area contributed by atoms with Gasteiger partial charge >= 0.3 is 0 Å². The van der Waals surface area contributed by atoms with E-state index in [1.807, 2.05) is 6.07 Å². The maximum atomic E-state index is 7.06. The van der Waals surface area contributed by atoms with E-state index in [1.165, 1.54) is 16.8 Å². The summed E-state index contributed by atoms with van der Waals surface area (Å²) in [5, 5.41) is 3.18. The number of fused-ring (bicyclic) bond motifs is 2. The third-order valence-corrected chi connectivity index (χ3v) is 11.9. The van der Waals surface area contributed by atoms with Crippen LogP contribution in [0.25, 0.3) is 0 Å². The largest absolute Gasteiger partial charge is 0.424 e. The lowest BCUT2D eigenvalue weighted by molar-refractivity contribution is 0.0716. The Labute approximate surface area is 217 Å². The third-order valence-electron chi connectivity index (χ3n) is 7.93. The van der Waals surface area contributed by atoms with Crippen LogP contribution < -0.4 is 10.2 Å². The molecule has 2 atom stereocenters. The first-order valence-corrected chi connectivity index (χ1v) is 15.0. The van der Waals surface area contributed by atoms with Crippen molar-refractivity contribution in [1.29, 1.82) is 0 Å². The molecule has 188 valence electrons. The summed E-state index contributed by atoms with van der Waals surface area (Å²) in [7, 11) is -0.493. The summed E-state index contributed by atoms with van der Waals surface area (Å²) in [6.07, 6.45) is 0. The fourth-order valence-electron chi connectivity index (χ4n) is 5.35. The summed E-state index contributed by atoms with van der Waals surface area (Å²) in [6.45, 7) is 12.0. The van der Waals surface area contributed by atoms with E-state index in [-0.39, 0.29) is 5.41 Å². The topological polar surface area (TPSA) is 49.7 Å². The van der Waals surface area contributed by atoms with E-state index in [0.29, 0.717) is 25.2 Å². The van der Waals surface area contributed by atoms with Crippen LogP contribution >= 0.6 is 18.8 Å². The van der Waals surface area contributed by atoms with Gasteiger partial charge in [0.1, 0.15) is 0 Å². The van der Waals surface area contributed by atoms with Crippen molar-refractivity contribution in [2.45, 2.75) is 39.2 Å². The van der Waals surface area contributed by atoms with Gasteiger partial charge in [-0.1, -0.05) is 37.6 Å². The van der Waals surface area contributed by atoms with Gasteiger partial charge in [-0.2, -0.15) is 0 Å². The molecule has 0 radical (unpaired) electrons. The summed E-state index contributed by atoms with van der Waals surface area (Å²) in [4.78, 5) is 8.52. The standard InChI is InChI=1S/C28H33N4O2PS/c1-19-8-10-21(11-9-19)30-35(32-12-14-33-15-13-32)25-17-22-24(31(5)20(2)28(22,3)4)18-23(25)29-27(34-35)26-7-6-16-36-26/h6-11,16-18,20H,12-15H2,1-5H3/t20-,35-/m1/s1. The number of anilines is 1. The summed E-state index contributed by atoms with van der Waals surface area (Å²) >= 11 is 1.65. The minimum Gasteiger partial charge on any atom is -0.424 e. The molecule has 1 saturated heterocycles. The maximum absolute atomic E-state index is 7.06. The van der Waals surface area contributed by atoms with Gasteiger partial charge in [0, 0.05) is 37.3 Å². The molecular weight excluding hydrogens is 487 g/mol. The van der Waals surface area contributed by atoms with Crippen molar-refractivity contribution in [2.75, 3.05) is 38.3 Å². The van der Waals surface area contributed by atoms with Crippen molar-refractivity contribution in [1.82, 2.24) is 4.67 Å². The van der Waals surface area contributed by atoms with Crippen LogP contribution in [0.5, 0.6) is 0 Å². The fourth-order valence-corrected chi connectivity index (χ4v) is 9.10. The van der Waals surface area contributed by atoms with E-state index in [4.69, 9.17) is 19.0 Å². The molecule has 3 aromatic rings. The van der Waals surface area contributed by atoms with Gasteiger partial charge in [-0.3, -0.25) is 0 Å². The lowest BCUT2D eigenvalue weighted by atomic mass is 9.81. The molecule has 36 heavy (non-hydrogen) atoms. The first-order chi connectivity index (χ1) is 17.3. The summed E-state index contributed by atoms with van der Waals surface area (Å²) in [6, 6.07) is 17.6. The normalized spacial score (nSPS) is 25.1. The Bertz CT molecular complexity index is 1380. The first kappa shape index (κ1) is 23.9. The summed E-state index contributed by atoms with van der Waals surface area (Å²) in [5.74, 6) is 0.668. The highest BCUT2D eigenvalue weighted by atomic mass is 32.1. The minimum absolute atomic E-state index is 0.00137. The number of hydrogen-bond donors (Lipinski definition) is 0. The van der Waals surface area contributed by atoms with E-state index in [0.717, 1.165) is 34.6 Å². The zero-order chi connectivity index (χ0) is 25.1. The summed E-state index contributed by atoms with van der Waals surface area (Å²) < 4.78 is 20.8. The molecule has 0 N–H and O–H groups in total. The van der Waals surface area contributed by atoms with Crippen LogP contribution in [0.15, 0.2) is 63.6 Å². The van der Waals surface area contributed by atoms with Crippen molar-refractivity contribution in [3.63, 3.8) is 0 Å². The Morgan fingerprint density at radius 1 is 1.11 bits per heavy atom. The molecule has 6 nitrogen and oxygen atoms in total. The Hall–Kier alpha value is -2.44. The number of rotatable bonds is 3. The zero-order valence-corrected chi connectivity index (χ0v) is 23.3. The highest BCUT2D eigenvalue weighted by molar-refractivity contribution is 7.68. The second-order valence-electron chi connectivity index (χ2n) is 10.4. The monoisotopic (exact) mass is 520 g/mol. The lowest BCUT2D eigenvalue weighted by Gasteiger charge is -2.40. The lowest BCUT2D eigenvalue weighted by Crippen LogP contribution is -2.39. The Morgan fingerprint density at radius 3 is 2.56 bits per heavy atom. The van der Waals surface area contributed by atoms with Crippen LogP contribution in [0, 0.1) is 6.92 Å². The predicted molar refractivity (Wildman–Crippen MR) is 151 cm³/mol. The van der Waals surface area contributed by atoms with Gasteiger partial charge in [0.25, 0.3) is 0 Å². The molecule has 1 fully saturated rings. The van der Waals surface area contributed by atoms with E-state index < -0.39 is 7.43 Å². The molecule has 3 aliphatic rings. The highest BCUT2D eigenvalue weighted by Crippen LogP contribution is 2.61. The molecule has 8 heteroatoms. The van der Waals surface area contributed by atoms with E-state index in [2.05, 4.69) is 92.2 Å². The van der Waals surface area contributed by atoms with Crippen LogP contribution in [0.2, 0.25) is 0 Å². The molecule has 2 aromatic carbocycles. The van der Waals surface area contributed by atoms with Gasteiger partial charge in [0.15, 0.2) is 0 Å². The second-order valence-corrected chi connectivity index (χ2v) is 13.9. The van der Waals surface area contributed by atoms with Crippen molar-refractivity contribution in [3.05, 3.63) is 69.9 Å². The van der Waals surface area contributed by atoms with Crippen molar-refractivity contribution >= 4 is 47.0 Å². The number of aryl methyl sites for hydroxylation is 1. The quantitative estimate of drug-likeness (QED) is 0.365. The number of nitrogens with zero attached hydrogens (tertiary/aromatic N) is 4. The zero-order valence-electron chi connectivity index (χ0n) is 21.6. The van der Waals surface area contributed by atoms with Gasteiger partial charge in [-0.15, -0.1) is 11.3 Å². The molecule has 1 aromatic heterocycles.